The molecule has 116 valence electrons. The smallest absolute Gasteiger partial charge is 0.230 e. The predicted molar refractivity (Wildman–Crippen MR) is 94.9 cm³/mol. The fourth-order valence-corrected chi connectivity index (χ4v) is 2.76. The van der Waals surface area contributed by atoms with E-state index in [0.717, 1.165) is 17.1 Å². The molecule has 0 heterocycles. The highest BCUT2D eigenvalue weighted by molar-refractivity contribution is 8.00. The summed E-state index contributed by atoms with van der Waals surface area (Å²) in [5.41, 5.74) is 1.15. The molecule has 0 radical (unpaired) electrons. The van der Waals surface area contributed by atoms with Crippen LogP contribution in [0, 0.1) is 0 Å². The molecule has 0 fully saturated rings. The van der Waals surface area contributed by atoms with Gasteiger partial charge < -0.3 is 10.2 Å². The zero-order valence-corrected chi connectivity index (χ0v) is 14.0. The maximum atomic E-state index is 11.8. The summed E-state index contributed by atoms with van der Waals surface area (Å²) in [5.74, 6) is 0.456. The lowest BCUT2D eigenvalue weighted by molar-refractivity contribution is -0.118. The van der Waals surface area contributed by atoms with Crippen molar-refractivity contribution in [2.24, 2.45) is 0 Å². The van der Waals surface area contributed by atoms with Gasteiger partial charge in [0.1, 0.15) is 0 Å². The van der Waals surface area contributed by atoms with Crippen LogP contribution in [-0.4, -0.2) is 31.8 Å². The van der Waals surface area contributed by atoms with Gasteiger partial charge in [0, 0.05) is 35.7 Å². The van der Waals surface area contributed by atoms with E-state index in [4.69, 9.17) is 11.6 Å². The molecule has 2 aromatic rings. The topological polar surface area (TPSA) is 32.3 Å². The van der Waals surface area contributed by atoms with Gasteiger partial charge in [-0.15, -0.1) is 11.8 Å². The normalized spacial score (nSPS) is 10.3. The van der Waals surface area contributed by atoms with Crippen molar-refractivity contribution in [2.75, 3.05) is 30.8 Å². The SMILES string of the molecule is CN(CCNC(=O)CSc1ccc(Cl)cc1)c1ccccc1. The molecule has 0 aliphatic rings. The van der Waals surface area contributed by atoms with Crippen LogP contribution in [-0.2, 0) is 4.79 Å². The van der Waals surface area contributed by atoms with Crippen LogP contribution < -0.4 is 10.2 Å². The van der Waals surface area contributed by atoms with Crippen LogP contribution in [0.1, 0.15) is 0 Å². The number of carbonyl (C=O) groups is 1. The Morgan fingerprint density at radius 3 is 2.50 bits per heavy atom. The van der Waals surface area contributed by atoms with Gasteiger partial charge in [-0.1, -0.05) is 29.8 Å². The van der Waals surface area contributed by atoms with E-state index in [0.29, 0.717) is 17.3 Å². The number of hydrogen-bond acceptors (Lipinski definition) is 3. The van der Waals surface area contributed by atoms with E-state index in [1.54, 1.807) is 0 Å². The third-order valence-corrected chi connectivity index (χ3v) is 4.41. The zero-order valence-electron chi connectivity index (χ0n) is 12.5. The molecule has 3 nitrogen and oxygen atoms in total. The minimum atomic E-state index is 0.0430. The first kappa shape index (κ1) is 16.7. The number of para-hydroxylation sites is 1. The van der Waals surface area contributed by atoms with E-state index in [1.807, 2.05) is 49.5 Å². The van der Waals surface area contributed by atoms with Gasteiger partial charge in [0.15, 0.2) is 0 Å². The quantitative estimate of drug-likeness (QED) is 0.784. The summed E-state index contributed by atoms with van der Waals surface area (Å²) in [6.45, 7) is 1.41. The number of halogens is 1. The lowest BCUT2D eigenvalue weighted by Crippen LogP contribution is -2.33. The molecule has 0 aliphatic carbocycles. The number of nitrogens with zero attached hydrogens (tertiary/aromatic N) is 1. The largest absolute Gasteiger partial charge is 0.373 e. The second-order valence-electron chi connectivity index (χ2n) is 4.85. The molecular weight excluding hydrogens is 316 g/mol. The average molecular weight is 335 g/mol. The molecule has 0 atom stereocenters. The Kier molecular flexibility index (Phi) is 6.62. The molecule has 2 rings (SSSR count). The molecule has 0 aromatic heterocycles. The Morgan fingerprint density at radius 1 is 1.14 bits per heavy atom. The highest BCUT2D eigenvalue weighted by atomic mass is 35.5. The van der Waals surface area contributed by atoms with Crippen LogP contribution in [0.2, 0.25) is 5.02 Å². The first-order valence-corrected chi connectivity index (χ1v) is 8.43. The Bertz CT molecular complexity index is 589. The molecule has 0 spiro atoms. The van der Waals surface area contributed by atoms with Crippen LogP contribution >= 0.6 is 23.4 Å². The monoisotopic (exact) mass is 334 g/mol. The van der Waals surface area contributed by atoms with Crippen molar-refractivity contribution in [3.05, 3.63) is 59.6 Å². The number of thioether (sulfide) groups is 1. The highest BCUT2D eigenvalue weighted by Crippen LogP contribution is 2.19. The van der Waals surface area contributed by atoms with Gasteiger partial charge in [0.2, 0.25) is 5.91 Å². The molecule has 1 amide bonds. The van der Waals surface area contributed by atoms with E-state index in [1.165, 1.54) is 11.8 Å². The van der Waals surface area contributed by atoms with Crippen LogP contribution in [0.5, 0.6) is 0 Å². The highest BCUT2D eigenvalue weighted by Gasteiger charge is 2.04. The average Bonchev–Trinajstić information content (AvgIpc) is 2.55. The summed E-state index contributed by atoms with van der Waals surface area (Å²) >= 11 is 7.34. The van der Waals surface area contributed by atoms with Gasteiger partial charge >= 0.3 is 0 Å². The van der Waals surface area contributed by atoms with E-state index < -0.39 is 0 Å². The first-order valence-electron chi connectivity index (χ1n) is 7.06. The molecule has 0 unspecified atom stereocenters. The Morgan fingerprint density at radius 2 is 1.82 bits per heavy atom. The molecule has 2 aromatic carbocycles. The van der Waals surface area contributed by atoms with E-state index in [-0.39, 0.29) is 5.91 Å². The molecular formula is C17H19ClN2OS. The molecule has 1 N–H and O–H groups in total. The summed E-state index contributed by atoms with van der Waals surface area (Å²) in [5, 5.41) is 3.64. The van der Waals surface area contributed by atoms with Gasteiger partial charge in [-0.3, -0.25) is 4.79 Å². The Balaban J connectivity index is 1.66. The van der Waals surface area contributed by atoms with E-state index >= 15 is 0 Å². The van der Waals surface area contributed by atoms with Gasteiger partial charge in [0.25, 0.3) is 0 Å². The summed E-state index contributed by atoms with van der Waals surface area (Å²) in [6, 6.07) is 17.6. The lowest BCUT2D eigenvalue weighted by atomic mass is 10.3. The zero-order chi connectivity index (χ0) is 15.8. The summed E-state index contributed by atoms with van der Waals surface area (Å²) in [6.07, 6.45) is 0. The first-order chi connectivity index (χ1) is 10.6. The number of likely N-dealkylation sites (N-methyl/N-ethyl adjacent to an activating group) is 1. The third kappa shape index (κ3) is 5.62. The van der Waals surface area contributed by atoms with Crippen LogP contribution in [0.4, 0.5) is 5.69 Å². The molecule has 0 bridgehead atoms. The standard InChI is InChI=1S/C17H19ClN2OS/c1-20(15-5-3-2-4-6-15)12-11-19-17(21)13-22-16-9-7-14(18)8-10-16/h2-10H,11-13H2,1H3,(H,19,21). The van der Waals surface area contributed by atoms with Crippen molar-refractivity contribution < 1.29 is 4.79 Å². The summed E-state index contributed by atoms with van der Waals surface area (Å²) < 4.78 is 0. The molecule has 0 saturated heterocycles. The van der Waals surface area contributed by atoms with Crippen molar-refractivity contribution in [3.8, 4) is 0 Å². The maximum Gasteiger partial charge on any atom is 0.230 e. The number of amides is 1. The molecule has 0 saturated carbocycles. The second kappa shape index (κ2) is 8.71. The number of rotatable bonds is 7. The number of benzene rings is 2. The van der Waals surface area contributed by atoms with Gasteiger partial charge in [-0.05, 0) is 36.4 Å². The third-order valence-electron chi connectivity index (χ3n) is 3.15. The van der Waals surface area contributed by atoms with Gasteiger partial charge in [-0.2, -0.15) is 0 Å². The number of anilines is 1. The van der Waals surface area contributed by atoms with Crippen LogP contribution in [0.3, 0.4) is 0 Å². The fourth-order valence-electron chi connectivity index (χ4n) is 1.91. The fraction of sp³-hybridized carbons (Fsp3) is 0.235. The minimum absolute atomic E-state index is 0.0430. The van der Waals surface area contributed by atoms with Crippen molar-refractivity contribution in [1.29, 1.82) is 0 Å². The maximum absolute atomic E-state index is 11.8. The summed E-state index contributed by atoms with van der Waals surface area (Å²) in [7, 11) is 2.02. The summed E-state index contributed by atoms with van der Waals surface area (Å²) in [4.78, 5) is 15.0. The van der Waals surface area contributed by atoms with E-state index in [9.17, 15) is 4.79 Å². The lowest BCUT2D eigenvalue weighted by Gasteiger charge is -2.19. The van der Waals surface area contributed by atoms with Gasteiger partial charge in [-0.25, -0.2) is 0 Å². The Labute approximate surface area is 140 Å². The predicted octanol–water partition coefficient (Wildman–Crippen LogP) is 3.68. The number of carbonyl (C=O) groups excluding carboxylic acids is 1. The van der Waals surface area contributed by atoms with E-state index in [2.05, 4.69) is 22.3 Å². The number of hydrogen-bond donors (Lipinski definition) is 1. The number of nitrogens with one attached hydrogen (secondary N) is 1. The Hall–Kier alpha value is -1.65. The van der Waals surface area contributed by atoms with Crippen molar-refractivity contribution in [1.82, 2.24) is 5.32 Å². The van der Waals surface area contributed by atoms with Crippen molar-refractivity contribution in [2.45, 2.75) is 4.90 Å². The van der Waals surface area contributed by atoms with Crippen LogP contribution in [0.25, 0.3) is 0 Å². The molecule has 5 heteroatoms. The van der Waals surface area contributed by atoms with Crippen molar-refractivity contribution in [3.63, 3.8) is 0 Å². The van der Waals surface area contributed by atoms with Crippen molar-refractivity contribution >= 4 is 35.0 Å². The minimum Gasteiger partial charge on any atom is -0.373 e. The van der Waals surface area contributed by atoms with Gasteiger partial charge in [0.05, 0.1) is 5.75 Å². The molecule has 22 heavy (non-hydrogen) atoms. The second-order valence-corrected chi connectivity index (χ2v) is 6.33. The van der Waals surface area contributed by atoms with Crippen LogP contribution in [0.15, 0.2) is 59.5 Å². The molecule has 0 aliphatic heterocycles.